The number of nitrogens with zero attached hydrogens (tertiary/aromatic N) is 1. The first kappa shape index (κ1) is 70.5. The van der Waals surface area contributed by atoms with Crippen LogP contribution < -0.4 is 0 Å². The lowest BCUT2D eigenvalue weighted by atomic mass is 10.0. The summed E-state index contributed by atoms with van der Waals surface area (Å²) in [6.07, 6.45) is 65.3. The number of rotatable bonds is 58. The van der Waals surface area contributed by atoms with Crippen molar-refractivity contribution < 1.29 is 42.9 Å². The molecule has 0 aromatic heterocycles. The molecule has 0 aromatic rings. The number of hydrogen-bond acceptors (Lipinski definition) is 7. The molecule has 1 N–H and O–H groups in total. The second-order valence-electron chi connectivity index (χ2n) is 22.4. The molecule has 0 saturated carbocycles. The second-order valence-corrected chi connectivity index (χ2v) is 22.4. The van der Waals surface area contributed by atoms with Crippen molar-refractivity contribution in [3.05, 3.63) is 36.5 Å². The first-order valence-electron chi connectivity index (χ1n) is 31.2. The van der Waals surface area contributed by atoms with Crippen LogP contribution in [-0.4, -0.2) is 87.4 Å². The topological polar surface area (TPSA) is 108 Å². The van der Waals surface area contributed by atoms with Crippen molar-refractivity contribution >= 4 is 17.9 Å². The summed E-state index contributed by atoms with van der Waals surface area (Å²) in [6, 6.07) is 0. The van der Waals surface area contributed by atoms with E-state index in [-0.39, 0.29) is 32.2 Å². The molecule has 2 atom stereocenters. The zero-order valence-corrected chi connectivity index (χ0v) is 48.8. The van der Waals surface area contributed by atoms with Crippen molar-refractivity contribution in [3.8, 4) is 0 Å². The fourth-order valence-corrected chi connectivity index (χ4v) is 9.08. The minimum absolute atomic E-state index is 0.184. The minimum Gasteiger partial charge on any atom is -0.477 e. The number of aliphatic carboxylic acids is 1. The molecule has 0 fully saturated rings. The van der Waals surface area contributed by atoms with Crippen LogP contribution in [-0.2, 0) is 33.3 Å². The van der Waals surface area contributed by atoms with Crippen molar-refractivity contribution in [2.24, 2.45) is 0 Å². The highest BCUT2D eigenvalue weighted by atomic mass is 16.7. The van der Waals surface area contributed by atoms with Gasteiger partial charge >= 0.3 is 17.9 Å². The van der Waals surface area contributed by atoms with Gasteiger partial charge in [0.15, 0.2) is 6.10 Å². The van der Waals surface area contributed by atoms with E-state index < -0.39 is 24.3 Å². The Morgan fingerprint density at radius 3 is 1.12 bits per heavy atom. The maximum atomic E-state index is 12.9. The maximum Gasteiger partial charge on any atom is 0.361 e. The monoisotopic (exact) mass is 1030 g/mol. The summed E-state index contributed by atoms with van der Waals surface area (Å²) in [6.45, 7) is 4.88. The van der Waals surface area contributed by atoms with E-state index in [1.807, 2.05) is 21.1 Å². The Balaban J connectivity index is 4.13. The normalized spacial score (nSPS) is 12.9. The summed E-state index contributed by atoms with van der Waals surface area (Å²) in [5.41, 5.74) is 0. The van der Waals surface area contributed by atoms with Gasteiger partial charge in [0.05, 0.1) is 34.4 Å². The van der Waals surface area contributed by atoms with Crippen LogP contribution in [0.5, 0.6) is 0 Å². The molecule has 0 aliphatic carbocycles. The molecular formula is C64H120NO8+. The predicted molar refractivity (Wildman–Crippen MR) is 309 cm³/mol. The van der Waals surface area contributed by atoms with E-state index in [1.165, 1.54) is 205 Å². The number of ether oxygens (including phenoxy) is 4. The van der Waals surface area contributed by atoms with Crippen LogP contribution in [0.15, 0.2) is 36.5 Å². The van der Waals surface area contributed by atoms with E-state index in [0.717, 1.165) is 57.8 Å². The average Bonchev–Trinajstić information content (AvgIpc) is 3.36. The number of unbranched alkanes of at least 4 members (excludes halogenated alkanes) is 37. The van der Waals surface area contributed by atoms with E-state index in [2.05, 4.69) is 50.3 Å². The van der Waals surface area contributed by atoms with Crippen LogP contribution in [0.25, 0.3) is 0 Å². The average molecular weight is 1030 g/mol. The minimum atomic E-state index is -1.51. The molecule has 0 spiro atoms. The summed E-state index contributed by atoms with van der Waals surface area (Å²) in [5, 5.41) is 9.71. The van der Waals surface area contributed by atoms with Gasteiger partial charge in [-0.3, -0.25) is 9.59 Å². The lowest BCUT2D eigenvalue weighted by Crippen LogP contribution is -2.40. The quantitative estimate of drug-likeness (QED) is 0.0211. The summed E-state index contributed by atoms with van der Waals surface area (Å²) in [4.78, 5) is 37.5. The van der Waals surface area contributed by atoms with Crippen LogP contribution >= 0.6 is 0 Å². The Morgan fingerprint density at radius 2 is 0.740 bits per heavy atom. The van der Waals surface area contributed by atoms with Gasteiger partial charge in [0, 0.05) is 12.8 Å². The highest BCUT2D eigenvalue weighted by Crippen LogP contribution is 2.18. The molecule has 0 aliphatic rings. The van der Waals surface area contributed by atoms with Crippen molar-refractivity contribution in [1.29, 1.82) is 0 Å². The van der Waals surface area contributed by atoms with Gasteiger partial charge in [0.1, 0.15) is 13.2 Å². The SMILES string of the molecule is CCCCC/C=C\C/C=C\C/C=C\CCCCCCCCC(=O)OC(COC(=O)CCCCCCCCCCCCCCCCCCCCCCCCCCCCCCC)COC(OCC[N+](C)(C)C)C(=O)O. The second kappa shape index (κ2) is 55.7. The van der Waals surface area contributed by atoms with E-state index in [9.17, 15) is 19.5 Å². The first-order chi connectivity index (χ1) is 35.6. The van der Waals surface area contributed by atoms with Crippen LogP contribution in [0.2, 0.25) is 0 Å². The number of carboxylic acids is 1. The standard InChI is InChI=1S/C64H119NO8/c1-6-8-10-12-14-16-18-20-22-24-26-27-28-29-30-31-32-33-34-35-37-38-40-42-44-46-48-50-52-54-61(66)71-58-60(59-72-64(63(68)69)70-57-56-65(3,4)5)73-62(67)55-53-51-49-47-45-43-41-39-36-25-23-21-19-17-15-13-11-9-7-2/h15,17,21,23,36,39,60,64H,6-14,16,18-20,22,24-35,37-38,40-59H2,1-5H3/p+1/b17-15-,23-21-,39-36-. The summed E-state index contributed by atoms with van der Waals surface area (Å²) < 4.78 is 22.9. The molecule has 9 nitrogen and oxygen atoms in total. The fraction of sp³-hybridized carbons (Fsp3) is 0.859. The number of carboxylic acid groups (broad SMARTS) is 1. The highest BCUT2D eigenvalue weighted by molar-refractivity contribution is 5.71. The molecule has 0 heterocycles. The fourth-order valence-electron chi connectivity index (χ4n) is 9.08. The van der Waals surface area contributed by atoms with Crippen LogP contribution in [0, 0.1) is 0 Å². The number of allylic oxidation sites excluding steroid dienone is 6. The smallest absolute Gasteiger partial charge is 0.361 e. The van der Waals surface area contributed by atoms with Crippen molar-refractivity contribution in [2.45, 2.75) is 309 Å². The van der Waals surface area contributed by atoms with Crippen LogP contribution in [0.4, 0.5) is 0 Å². The third-order valence-electron chi connectivity index (χ3n) is 13.9. The van der Waals surface area contributed by atoms with Gasteiger partial charge in [-0.05, 0) is 51.4 Å². The molecule has 0 amide bonds. The Bertz CT molecular complexity index is 1290. The molecule has 0 aliphatic heterocycles. The molecule has 73 heavy (non-hydrogen) atoms. The Morgan fingerprint density at radius 1 is 0.411 bits per heavy atom. The molecule has 0 radical (unpaired) electrons. The van der Waals surface area contributed by atoms with Gasteiger partial charge in [-0.1, -0.05) is 269 Å². The molecular weight excluding hydrogens is 911 g/mol. The van der Waals surface area contributed by atoms with E-state index >= 15 is 0 Å². The zero-order chi connectivity index (χ0) is 53.4. The van der Waals surface area contributed by atoms with Gasteiger partial charge in [-0.25, -0.2) is 4.79 Å². The van der Waals surface area contributed by atoms with Crippen molar-refractivity contribution in [2.75, 3.05) is 47.5 Å². The number of likely N-dealkylation sites (N-methyl/N-ethyl adjacent to an activating group) is 1. The Kier molecular flexibility index (Phi) is 53.8. The molecule has 2 unspecified atom stereocenters. The number of carbonyl (C=O) groups is 3. The van der Waals surface area contributed by atoms with Gasteiger partial charge in [0.25, 0.3) is 6.29 Å². The molecule has 9 heteroatoms. The number of hydrogen-bond donors (Lipinski definition) is 1. The molecule has 428 valence electrons. The molecule has 0 rings (SSSR count). The molecule has 0 saturated heterocycles. The molecule has 0 aromatic carbocycles. The lowest BCUT2D eigenvalue weighted by Gasteiger charge is -2.25. The van der Waals surface area contributed by atoms with E-state index in [1.54, 1.807) is 0 Å². The summed E-state index contributed by atoms with van der Waals surface area (Å²) in [5.74, 6) is -2.01. The number of esters is 2. The lowest BCUT2D eigenvalue weighted by molar-refractivity contribution is -0.870. The van der Waals surface area contributed by atoms with Crippen molar-refractivity contribution in [3.63, 3.8) is 0 Å². The summed E-state index contributed by atoms with van der Waals surface area (Å²) in [7, 11) is 5.97. The van der Waals surface area contributed by atoms with Gasteiger partial charge < -0.3 is 28.5 Å². The number of quaternary nitrogens is 1. The number of carbonyl (C=O) groups excluding carboxylic acids is 2. The van der Waals surface area contributed by atoms with Crippen LogP contribution in [0.1, 0.15) is 296 Å². The van der Waals surface area contributed by atoms with E-state index in [4.69, 9.17) is 18.9 Å². The maximum absolute atomic E-state index is 12.9. The zero-order valence-electron chi connectivity index (χ0n) is 48.8. The van der Waals surface area contributed by atoms with Crippen LogP contribution in [0.3, 0.4) is 0 Å². The first-order valence-corrected chi connectivity index (χ1v) is 31.2. The summed E-state index contributed by atoms with van der Waals surface area (Å²) >= 11 is 0. The van der Waals surface area contributed by atoms with E-state index in [0.29, 0.717) is 23.9 Å². The Labute approximate surface area is 451 Å². The largest absolute Gasteiger partial charge is 0.477 e. The molecule has 0 bridgehead atoms. The van der Waals surface area contributed by atoms with Gasteiger partial charge in [0.2, 0.25) is 0 Å². The van der Waals surface area contributed by atoms with Gasteiger partial charge in [-0.15, -0.1) is 0 Å². The predicted octanol–water partition coefficient (Wildman–Crippen LogP) is 18.5. The van der Waals surface area contributed by atoms with Crippen molar-refractivity contribution in [1.82, 2.24) is 0 Å². The highest BCUT2D eigenvalue weighted by Gasteiger charge is 2.25. The van der Waals surface area contributed by atoms with Gasteiger partial charge in [-0.2, -0.15) is 0 Å². The third kappa shape index (κ3) is 57.1. The Hall–Kier alpha value is -2.49. The third-order valence-corrected chi connectivity index (χ3v) is 13.9.